The van der Waals surface area contributed by atoms with E-state index in [2.05, 4.69) is 19.2 Å². The summed E-state index contributed by atoms with van der Waals surface area (Å²) in [6, 6.07) is 3.64. The molecule has 1 N–H and O–H groups in total. The third kappa shape index (κ3) is 4.75. The Balaban J connectivity index is 2.20. The highest BCUT2D eigenvalue weighted by molar-refractivity contribution is 7.89. The molecule has 10 heteroatoms. The number of nitro benzene ring substituents is 1. The molecule has 1 amide bonds. The van der Waals surface area contributed by atoms with Crippen molar-refractivity contribution in [3.05, 3.63) is 28.3 Å². The van der Waals surface area contributed by atoms with Crippen LogP contribution in [0.25, 0.3) is 0 Å². The number of piperidine rings is 1. The van der Waals surface area contributed by atoms with E-state index < -0.39 is 14.9 Å². The molecule has 0 unspecified atom stereocenters. The molecule has 0 saturated carbocycles. The van der Waals surface area contributed by atoms with Crippen LogP contribution in [0.4, 0.5) is 11.4 Å². The number of nitro groups is 1. The maximum absolute atomic E-state index is 12.8. The van der Waals surface area contributed by atoms with Crippen LogP contribution in [-0.2, 0) is 14.8 Å². The summed E-state index contributed by atoms with van der Waals surface area (Å²) < 4.78 is 26.5. The van der Waals surface area contributed by atoms with Gasteiger partial charge in [0.25, 0.3) is 5.69 Å². The van der Waals surface area contributed by atoms with Gasteiger partial charge in [0, 0.05) is 33.3 Å². The van der Waals surface area contributed by atoms with E-state index in [0.29, 0.717) is 24.9 Å². The number of nitrogens with zero attached hydrogens (tertiary/aromatic N) is 3. The molecule has 2 rings (SSSR count). The zero-order valence-electron chi connectivity index (χ0n) is 16.0. The van der Waals surface area contributed by atoms with Gasteiger partial charge in [-0.25, -0.2) is 8.42 Å². The van der Waals surface area contributed by atoms with Crippen molar-refractivity contribution >= 4 is 27.3 Å². The molecule has 0 spiro atoms. The van der Waals surface area contributed by atoms with E-state index in [9.17, 15) is 23.3 Å². The van der Waals surface area contributed by atoms with Gasteiger partial charge in [-0.05, 0) is 30.4 Å². The van der Waals surface area contributed by atoms with Crippen LogP contribution in [0.3, 0.4) is 0 Å². The van der Waals surface area contributed by atoms with Gasteiger partial charge in [-0.2, -0.15) is 4.31 Å². The van der Waals surface area contributed by atoms with Crippen molar-refractivity contribution in [3.63, 3.8) is 0 Å². The van der Waals surface area contributed by atoms with Gasteiger partial charge in [0.2, 0.25) is 15.9 Å². The maximum Gasteiger partial charge on any atom is 0.293 e. The van der Waals surface area contributed by atoms with Gasteiger partial charge in [0.05, 0.1) is 16.4 Å². The molecule has 1 aromatic carbocycles. The fourth-order valence-corrected chi connectivity index (χ4v) is 4.60. The van der Waals surface area contributed by atoms with Crippen molar-refractivity contribution in [3.8, 4) is 0 Å². The number of likely N-dealkylation sites (N-methyl/N-ethyl adjacent to an activating group) is 1. The summed E-state index contributed by atoms with van der Waals surface area (Å²) in [5.74, 6) is 0.480. The lowest BCUT2D eigenvalue weighted by Crippen LogP contribution is -2.47. The first kappa shape index (κ1) is 21.1. The predicted molar refractivity (Wildman–Crippen MR) is 102 cm³/mol. The van der Waals surface area contributed by atoms with Crippen molar-refractivity contribution in [2.45, 2.75) is 25.2 Å². The van der Waals surface area contributed by atoms with Crippen molar-refractivity contribution in [1.29, 1.82) is 0 Å². The number of amides is 1. The van der Waals surface area contributed by atoms with Crippen molar-refractivity contribution in [2.24, 2.45) is 11.8 Å². The third-order valence-electron chi connectivity index (χ3n) is 4.72. The topological polar surface area (TPSA) is 113 Å². The van der Waals surface area contributed by atoms with Crippen LogP contribution in [-0.4, -0.2) is 62.2 Å². The monoisotopic (exact) mass is 398 g/mol. The lowest BCUT2D eigenvalue weighted by atomic mass is 9.92. The maximum atomic E-state index is 12.8. The first-order chi connectivity index (χ1) is 12.6. The number of carbonyl (C=O) groups is 1. The lowest BCUT2D eigenvalue weighted by Gasteiger charge is -2.35. The Morgan fingerprint density at radius 1 is 1.33 bits per heavy atom. The number of likely N-dealkylation sites (tertiary alicyclic amines) is 1. The average Bonchev–Trinajstić information content (AvgIpc) is 2.59. The van der Waals surface area contributed by atoms with Crippen LogP contribution in [0, 0.1) is 22.0 Å². The Bertz CT molecular complexity index is 817. The van der Waals surface area contributed by atoms with Gasteiger partial charge in [-0.15, -0.1) is 0 Å². The van der Waals surface area contributed by atoms with E-state index in [4.69, 9.17) is 0 Å². The first-order valence-electron chi connectivity index (χ1n) is 8.76. The molecule has 0 bridgehead atoms. The molecule has 27 heavy (non-hydrogen) atoms. The number of nitrogens with one attached hydrogen (secondary N) is 1. The van der Waals surface area contributed by atoms with Crippen molar-refractivity contribution < 1.29 is 18.1 Å². The zero-order chi connectivity index (χ0) is 20.4. The molecule has 150 valence electrons. The van der Waals surface area contributed by atoms with Crippen LogP contribution in [0.1, 0.15) is 20.3 Å². The lowest BCUT2D eigenvalue weighted by molar-refractivity contribution is -0.384. The standard InChI is InChI=1S/C17H26N4O5S/c1-12-7-13(2)10-20(9-12)17(22)11-19(4)27(25,26)14-5-6-15(18-3)16(8-14)21(23)24/h5-6,8,12-13,18H,7,9-11H2,1-4H3/t12-,13+. The van der Waals surface area contributed by atoms with Crippen molar-refractivity contribution in [2.75, 3.05) is 39.0 Å². The number of anilines is 1. The van der Waals surface area contributed by atoms with E-state index in [-0.39, 0.29) is 28.7 Å². The Labute approximate surface area is 159 Å². The molecule has 1 aliphatic heterocycles. The molecule has 0 aliphatic carbocycles. The fraction of sp³-hybridized carbons (Fsp3) is 0.588. The number of rotatable bonds is 6. The minimum atomic E-state index is -4.03. The minimum Gasteiger partial charge on any atom is -0.383 e. The Morgan fingerprint density at radius 3 is 2.44 bits per heavy atom. The van der Waals surface area contributed by atoms with E-state index in [1.54, 1.807) is 4.90 Å². The SMILES string of the molecule is CNc1ccc(S(=O)(=O)N(C)CC(=O)N2C[C@H](C)C[C@H](C)C2)cc1[N+](=O)[O-]. The van der Waals surface area contributed by atoms with Gasteiger partial charge in [0.1, 0.15) is 5.69 Å². The van der Waals surface area contributed by atoms with Gasteiger partial charge in [0.15, 0.2) is 0 Å². The van der Waals surface area contributed by atoms with Crippen LogP contribution >= 0.6 is 0 Å². The molecule has 1 heterocycles. The van der Waals surface area contributed by atoms with Crippen LogP contribution < -0.4 is 5.32 Å². The normalized spacial score (nSPS) is 20.6. The largest absolute Gasteiger partial charge is 0.383 e. The van der Waals surface area contributed by atoms with E-state index in [1.807, 2.05) is 0 Å². The second-order valence-electron chi connectivity index (χ2n) is 7.19. The Morgan fingerprint density at radius 2 is 1.93 bits per heavy atom. The molecule has 1 saturated heterocycles. The van der Waals surface area contributed by atoms with Crippen LogP contribution in [0.2, 0.25) is 0 Å². The third-order valence-corrected chi connectivity index (χ3v) is 6.52. The second kappa shape index (κ2) is 8.22. The first-order valence-corrected chi connectivity index (χ1v) is 10.2. The summed E-state index contributed by atoms with van der Waals surface area (Å²) >= 11 is 0. The van der Waals surface area contributed by atoms with E-state index in [0.717, 1.165) is 16.8 Å². The van der Waals surface area contributed by atoms with Gasteiger partial charge < -0.3 is 10.2 Å². The molecule has 1 aromatic rings. The zero-order valence-corrected chi connectivity index (χ0v) is 16.8. The predicted octanol–water partition coefficient (Wildman–Crippen LogP) is 1.76. The number of carbonyl (C=O) groups excluding carboxylic acids is 1. The summed E-state index contributed by atoms with van der Waals surface area (Å²) in [6.45, 7) is 5.06. The average molecular weight is 398 g/mol. The summed E-state index contributed by atoms with van der Waals surface area (Å²) in [7, 11) is -1.20. The minimum absolute atomic E-state index is 0.217. The molecule has 2 atom stereocenters. The summed E-state index contributed by atoms with van der Waals surface area (Å²) in [5.41, 5.74) is -0.119. The number of benzene rings is 1. The number of sulfonamides is 1. The van der Waals surface area contributed by atoms with E-state index >= 15 is 0 Å². The van der Waals surface area contributed by atoms with Gasteiger partial charge in [-0.3, -0.25) is 14.9 Å². The molecule has 0 aromatic heterocycles. The number of hydrogen-bond acceptors (Lipinski definition) is 6. The highest BCUT2D eigenvalue weighted by Gasteiger charge is 2.30. The number of hydrogen-bond donors (Lipinski definition) is 1. The fourth-order valence-electron chi connectivity index (χ4n) is 3.46. The molecule has 9 nitrogen and oxygen atoms in total. The van der Waals surface area contributed by atoms with Crippen molar-refractivity contribution in [1.82, 2.24) is 9.21 Å². The van der Waals surface area contributed by atoms with Gasteiger partial charge >= 0.3 is 0 Å². The summed E-state index contributed by atoms with van der Waals surface area (Å²) in [6.07, 6.45) is 1.04. The highest BCUT2D eigenvalue weighted by Crippen LogP contribution is 2.28. The molecule has 1 aliphatic rings. The van der Waals surface area contributed by atoms with E-state index in [1.165, 1.54) is 26.2 Å². The van der Waals surface area contributed by atoms with Gasteiger partial charge in [-0.1, -0.05) is 13.8 Å². The van der Waals surface area contributed by atoms with Crippen LogP contribution in [0.15, 0.2) is 23.1 Å². The molecule has 1 fully saturated rings. The Kier molecular flexibility index (Phi) is 6.42. The molecular formula is C17H26N4O5S. The second-order valence-corrected chi connectivity index (χ2v) is 9.24. The van der Waals surface area contributed by atoms with Crippen LogP contribution in [0.5, 0.6) is 0 Å². The molecule has 0 radical (unpaired) electrons. The summed E-state index contributed by atoms with van der Waals surface area (Å²) in [4.78, 5) is 24.6. The summed E-state index contributed by atoms with van der Waals surface area (Å²) in [5, 5.41) is 13.8. The molecular weight excluding hydrogens is 372 g/mol. The Hall–Kier alpha value is -2.20. The highest BCUT2D eigenvalue weighted by atomic mass is 32.2. The smallest absolute Gasteiger partial charge is 0.293 e. The quantitative estimate of drug-likeness (QED) is 0.577.